The molecule has 1 aliphatic rings. The van der Waals surface area contributed by atoms with Crippen molar-refractivity contribution >= 4 is 28.5 Å². The zero-order valence-electron chi connectivity index (χ0n) is 18.4. The lowest BCUT2D eigenvalue weighted by Gasteiger charge is -2.44. The van der Waals surface area contributed by atoms with Gasteiger partial charge in [0.05, 0.1) is 10.9 Å². The Morgan fingerprint density at radius 3 is 2.70 bits per heavy atom. The van der Waals surface area contributed by atoms with Gasteiger partial charge in [0.25, 0.3) is 23.3 Å². The van der Waals surface area contributed by atoms with E-state index in [-0.39, 0.29) is 39.8 Å². The quantitative estimate of drug-likeness (QED) is 0.535. The van der Waals surface area contributed by atoms with E-state index >= 15 is 0 Å². The standard InChI is InChI=1S/C23H25N5O5/c1-23(2)7-8-28(22(32)18-15-5-3-4-6-16(15)21(31)27-26-18)11-14(23)10-25-20(30)13-9-17(19(24)29)33-12-13/h3-6,9,12,14H,7-8,10-11H2,1-2H3,(H2,24,29)(H,25,30)(H,27,31). The number of nitrogens with zero attached hydrogens (tertiary/aromatic N) is 2. The number of carbonyl (C=O) groups is 3. The Kier molecular flexibility index (Phi) is 5.75. The summed E-state index contributed by atoms with van der Waals surface area (Å²) in [7, 11) is 0. The number of aromatic amines is 1. The topological polar surface area (TPSA) is 151 Å². The summed E-state index contributed by atoms with van der Waals surface area (Å²) >= 11 is 0. The summed E-state index contributed by atoms with van der Waals surface area (Å²) < 4.78 is 5.00. The van der Waals surface area contributed by atoms with Crippen molar-refractivity contribution in [3.8, 4) is 0 Å². The number of benzene rings is 1. The van der Waals surface area contributed by atoms with Crippen molar-refractivity contribution in [2.75, 3.05) is 19.6 Å². The van der Waals surface area contributed by atoms with Crippen LogP contribution >= 0.6 is 0 Å². The zero-order chi connectivity index (χ0) is 23.8. The Balaban J connectivity index is 1.49. The lowest BCUT2D eigenvalue weighted by Crippen LogP contribution is -2.51. The summed E-state index contributed by atoms with van der Waals surface area (Å²) in [4.78, 5) is 50.7. The molecule has 172 valence electrons. The lowest BCUT2D eigenvalue weighted by molar-refractivity contribution is 0.0411. The number of carbonyl (C=O) groups excluding carboxylic acids is 3. The molecule has 33 heavy (non-hydrogen) atoms. The van der Waals surface area contributed by atoms with Gasteiger partial charge in [-0.15, -0.1) is 0 Å². The summed E-state index contributed by atoms with van der Waals surface area (Å²) in [5.41, 5.74) is 5.09. The smallest absolute Gasteiger partial charge is 0.284 e. The first-order valence-corrected chi connectivity index (χ1v) is 10.6. The van der Waals surface area contributed by atoms with Crippen molar-refractivity contribution in [1.82, 2.24) is 20.4 Å². The molecule has 1 atom stereocenters. The summed E-state index contributed by atoms with van der Waals surface area (Å²) in [6.07, 6.45) is 1.92. The van der Waals surface area contributed by atoms with Gasteiger partial charge in [0.2, 0.25) is 0 Å². The van der Waals surface area contributed by atoms with Gasteiger partial charge in [-0.25, -0.2) is 5.10 Å². The zero-order valence-corrected chi connectivity index (χ0v) is 18.4. The fourth-order valence-electron chi connectivity index (χ4n) is 4.09. The molecule has 0 radical (unpaired) electrons. The molecular formula is C23H25N5O5. The lowest BCUT2D eigenvalue weighted by atomic mass is 9.73. The third-order valence-corrected chi connectivity index (χ3v) is 6.37. The third kappa shape index (κ3) is 4.36. The van der Waals surface area contributed by atoms with Crippen LogP contribution in [0, 0.1) is 11.3 Å². The fraction of sp³-hybridized carbons (Fsp3) is 0.348. The number of likely N-dealkylation sites (tertiary alicyclic amines) is 1. The number of rotatable bonds is 5. The van der Waals surface area contributed by atoms with Crippen LogP contribution in [0.25, 0.3) is 10.8 Å². The molecule has 1 saturated heterocycles. The van der Waals surface area contributed by atoms with E-state index in [2.05, 4.69) is 29.4 Å². The maximum absolute atomic E-state index is 13.3. The summed E-state index contributed by atoms with van der Waals surface area (Å²) in [6, 6.07) is 8.16. The van der Waals surface area contributed by atoms with E-state index in [0.29, 0.717) is 30.4 Å². The number of H-pyrrole nitrogens is 1. The number of hydrogen-bond donors (Lipinski definition) is 3. The van der Waals surface area contributed by atoms with Crippen LogP contribution in [0.15, 0.2) is 45.8 Å². The highest BCUT2D eigenvalue weighted by molar-refractivity contribution is 6.04. The van der Waals surface area contributed by atoms with Crippen LogP contribution in [-0.2, 0) is 0 Å². The number of furan rings is 1. The first-order valence-electron chi connectivity index (χ1n) is 10.6. The van der Waals surface area contributed by atoms with E-state index in [9.17, 15) is 19.2 Å². The predicted molar refractivity (Wildman–Crippen MR) is 120 cm³/mol. The van der Waals surface area contributed by atoms with E-state index in [1.807, 2.05) is 0 Å². The number of piperidine rings is 1. The summed E-state index contributed by atoms with van der Waals surface area (Å²) in [6.45, 7) is 5.48. The van der Waals surface area contributed by atoms with E-state index in [4.69, 9.17) is 10.2 Å². The van der Waals surface area contributed by atoms with Gasteiger partial charge in [-0.2, -0.15) is 5.10 Å². The molecule has 10 nitrogen and oxygen atoms in total. The minimum Gasteiger partial charge on any atom is -0.458 e. The maximum Gasteiger partial charge on any atom is 0.284 e. The van der Waals surface area contributed by atoms with Crippen molar-refractivity contribution < 1.29 is 18.8 Å². The number of amides is 3. The Hall–Kier alpha value is -3.95. The van der Waals surface area contributed by atoms with Gasteiger partial charge in [-0.1, -0.05) is 32.0 Å². The van der Waals surface area contributed by atoms with Gasteiger partial charge in [-0.05, 0) is 23.8 Å². The molecule has 1 aliphatic heterocycles. The SMILES string of the molecule is CC1(C)CCN(C(=O)c2n[nH]c(=O)c3ccccc23)CC1CNC(=O)c1coc(C(N)=O)c1. The highest BCUT2D eigenvalue weighted by atomic mass is 16.3. The van der Waals surface area contributed by atoms with E-state index in [1.165, 1.54) is 12.3 Å². The molecule has 1 fully saturated rings. The Labute approximate surface area is 189 Å². The average Bonchev–Trinajstić information content (AvgIpc) is 3.29. The van der Waals surface area contributed by atoms with Crippen molar-refractivity contribution in [2.24, 2.45) is 17.1 Å². The number of aromatic nitrogens is 2. The number of hydrogen-bond acceptors (Lipinski definition) is 6. The largest absolute Gasteiger partial charge is 0.458 e. The number of fused-ring (bicyclic) bond motifs is 1. The van der Waals surface area contributed by atoms with Crippen LogP contribution in [0.1, 0.15) is 51.7 Å². The third-order valence-electron chi connectivity index (χ3n) is 6.37. The average molecular weight is 451 g/mol. The first kappa shape index (κ1) is 22.3. The van der Waals surface area contributed by atoms with Gasteiger partial charge in [0.15, 0.2) is 11.5 Å². The Morgan fingerprint density at radius 2 is 2.00 bits per heavy atom. The molecule has 3 heterocycles. The van der Waals surface area contributed by atoms with E-state index in [1.54, 1.807) is 29.2 Å². The van der Waals surface area contributed by atoms with Crippen molar-refractivity contribution in [1.29, 1.82) is 0 Å². The Morgan fingerprint density at radius 1 is 1.27 bits per heavy atom. The van der Waals surface area contributed by atoms with Crippen LogP contribution in [0.5, 0.6) is 0 Å². The van der Waals surface area contributed by atoms with Gasteiger partial charge in [0.1, 0.15) is 6.26 Å². The summed E-state index contributed by atoms with van der Waals surface area (Å²) in [5.74, 6) is -1.53. The molecule has 0 spiro atoms. The van der Waals surface area contributed by atoms with Crippen LogP contribution in [0.3, 0.4) is 0 Å². The highest BCUT2D eigenvalue weighted by Gasteiger charge is 2.38. The van der Waals surface area contributed by atoms with Gasteiger partial charge >= 0.3 is 0 Å². The first-order chi connectivity index (χ1) is 15.7. The van der Waals surface area contributed by atoms with Crippen LogP contribution < -0.4 is 16.6 Å². The molecule has 10 heteroatoms. The summed E-state index contributed by atoms with van der Waals surface area (Å²) in [5, 5.41) is 10.2. The van der Waals surface area contributed by atoms with Gasteiger partial charge in [0, 0.05) is 31.1 Å². The van der Waals surface area contributed by atoms with Crippen LogP contribution in [-0.4, -0.2) is 52.5 Å². The molecule has 0 saturated carbocycles. The molecule has 0 bridgehead atoms. The molecule has 4 rings (SSSR count). The van der Waals surface area contributed by atoms with Crippen molar-refractivity contribution in [3.05, 3.63) is 64.0 Å². The molecule has 2 aromatic heterocycles. The molecule has 4 N–H and O–H groups in total. The van der Waals surface area contributed by atoms with Gasteiger partial charge in [-0.3, -0.25) is 19.2 Å². The molecular weight excluding hydrogens is 426 g/mol. The number of nitrogens with two attached hydrogens (primary N) is 1. The molecule has 3 amide bonds. The van der Waals surface area contributed by atoms with Crippen molar-refractivity contribution in [2.45, 2.75) is 20.3 Å². The molecule has 1 unspecified atom stereocenters. The second-order valence-electron chi connectivity index (χ2n) is 8.91. The molecule has 0 aliphatic carbocycles. The van der Waals surface area contributed by atoms with Gasteiger partial charge < -0.3 is 20.4 Å². The monoisotopic (exact) mass is 451 g/mol. The number of primary amides is 1. The van der Waals surface area contributed by atoms with Crippen molar-refractivity contribution in [3.63, 3.8) is 0 Å². The van der Waals surface area contributed by atoms with Crippen LogP contribution in [0.4, 0.5) is 0 Å². The molecule has 3 aromatic rings. The van der Waals surface area contributed by atoms with E-state index < -0.39 is 11.8 Å². The second kappa shape index (κ2) is 8.53. The van der Waals surface area contributed by atoms with E-state index in [0.717, 1.165) is 6.42 Å². The number of nitrogens with one attached hydrogen (secondary N) is 2. The predicted octanol–water partition coefficient (Wildman–Crippen LogP) is 1.53. The fourth-order valence-corrected chi connectivity index (χ4v) is 4.09. The Bertz CT molecular complexity index is 1290. The highest BCUT2D eigenvalue weighted by Crippen LogP contribution is 2.36. The van der Waals surface area contributed by atoms with Crippen LogP contribution in [0.2, 0.25) is 0 Å². The minimum absolute atomic E-state index is 0.0318. The minimum atomic E-state index is -0.750. The second-order valence-corrected chi connectivity index (χ2v) is 8.91. The maximum atomic E-state index is 13.3. The normalized spacial score (nSPS) is 17.6. The molecule has 1 aromatic carbocycles.